The Labute approximate surface area is 75.8 Å². The fourth-order valence-corrected chi connectivity index (χ4v) is 1.61. The molecule has 1 heteroatoms. The lowest BCUT2D eigenvalue weighted by atomic mass is 9.99. The van der Waals surface area contributed by atoms with Gasteiger partial charge in [0.2, 0.25) is 0 Å². The SMILES string of the molecule is CC(C)C1C=CC=CN1C(C)C. The van der Waals surface area contributed by atoms with E-state index in [0.29, 0.717) is 18.0 Å². The van der Waals surface area contributed by atoms with Crippen LogP contribution in [0, 0.1) is 5.92 Å². The van der Waals surface area contributed by atoms with Crippen molar-refractivity contribution >= 4 is 0 Å². The summed E-state index contributed by atoms with van der Waals surface area (Å²) in [6, 6.07) is 1.17. The van der Waals surface area contributed by atoms with Crippen molar-refractivity contribution in [2.24, 2.45) is 5.92 Å². The van der Waals surface area contributed by atoms with Crippen LogP contribution in [0.3, 0.4) is 0 Å². The van der Waals surface area contributed by atoms with Crippen LogP contribution in [-0.2, 0) is 0 Å². The highest BCUT2D eigenvalue weighted by Crippen LogP contribution is 2.18. The standard InChI is InChI=1S/C11H19N/c1-9(2)11-7-5-6-8-12(11)10(3)4/h5-11H,1-4H3. The molecule has 0 bridgehead atoms. The zero-order chi connectivity index (χ0) is 9.14. The quantitative estimate of drug-likeness (QED) is 0.608. The molecule has 0 spiro atoms. The zero-order valence-corrected chi connectivity index (χ0v) is 8.49. The second-order valence-electron chi connectivity index (χ2n) is 4.00. The van der Waals surface area contributed by atoms with Gasteiger partial charge < -0.3 is 4.90 Å². The summed E-state index contributed by atoms with van der Waals surface area (Å²) < 4.78 is 0. The number of nitrogens with zero attached hydrogens (tertiary/aromatic N) is 1. The lowest BCUT2D eigenvalue weighted by molar-refractivity contribution is 0.216. The monoisotopic (exact) mass is 165 g/mol. The van der Waals surface area contributed by atoms with Crippen molar-refractivity contribution in [2.75, 3.05) is 0 Å². The molecule has 0 N–H and O–H groups in total. The molecule has 0 aromatic rings. The molecule has 1 nitrogen and oxygen atoms in total. The third kappa shape index (κ3) is 1.90. The van der Waals surface area contributed by atoms with Gasteiger partial charge in [-0.25, -0.2) is 0 Å². The van der Waals surface area contributed by atoms with Crippen LogP contribution in [0.4, 0.5) is 0 Å². The molecule has 1 unspecified atom stereocenters. The summed E-state index contributed by atoms with van der Waals surface area (Å²) in [4.78, 5) is 2.41. The van der Waals surface area contributed by atoms with Gasteiger partial charge in [-0.05, 0) is 32.0 Å². The molecule has 0 amide bonds. The topological polar surface area (TPSA) is 3.24 Å². The molecule has 1 aliphatic heterocycles. The lowest BCUT2D eigenvalue weighted by Crippen LogP contribution is -2.39. The Morgan fingerprint density at radius 2 is 1.75 bits per heavy atom. The van der Waals surface area contributed by atoms with Crippen LogP contribution >= 0.6 is 0 Å². The minimum absolute atomic E-state index is 0.579. The van der Waals surface area contributed by atoms with Gasteiger partial charge in [-0.15, -0.1) is 0 Å². The maximum atomic E-state index is 2.41. The van der Waals surface area contributed by atoms with E-state index in [4.69, 9.17) is 0 Å². The molecule has 68 valence electrons. The van der Waals surface area contributed by atoms with Crippen molar-refractivity contribution in [1.29, 1.82) is 0 Å². The van der Waals surface area contributed by atoms with Gasteiger partial charge in [-0.1, -0.05) is 26.0 Å². The lowest BCUT2D eigenvalue weighted by Gasteiger charge is -2.36. The van der Waals surface area contributed by atoms with E-state index in [1.807, 2.05) is 0 Å². The first kappa shape index (κ1) is 9.37. The van der Waals surface area contributed by atoms with Crippen LogP contribution in [-0.4, -0.2) is 17.0 Å². The molecule has 0 aromatic heterocycles. The molecule has 0 saturated carbocycles. The van der Waals surface area contributed by atoms with Gasteiger partial charge in [0.15, 0.2) is 0 Å². The van der Waals surface area contributed by atoms with Crippen molar-refractivity contribution < 1.29 is 0 Å². The van der Waals surface area contributed by atoms with E-state index in [2.05, 4.69) is 57.0 Å². The Kier molecular flexibility index (Phi) is 2.96. The highest BCUT2D eigenvalue weighted by atomic mass is 15.2. The molecule has 0 saturated heterocycles. The first-order valence-electron chi connectivity index (χ1n) is 4.75. The molecule has 0 radical (unpaired) electrons. The minimum Gasteiger partial charge on any atom is -0.368 e. The minimum atomic E-state index is 0.579. The summed E-state index contributed by atoms with van der Waals surface area (Å²) in [6.45, 7) is 9.00. The molecule has 1 aliphatic rings. The molecule has 0 aromatic carbocycles. The Morgan fingerprint density at radius 1 is 1.08 bits per heavy atom. The molecular formula is C11H19N. The summed E-state index contributed by atoms with van der Waals surface area (Å²) >= 11 is 0. The maximum absolute atomic E-state index is 2.41. The molecule has 1 heterocycles. The van der Waals surface area contributed by atoms with Crippen molar-refractivity contribution in [2.45, 2.75) is 39.8 Å². The number of hydrogen-bond donors (Lipinski definition) is 0. The number of rotatable bonds is 2. The van der Waals surface area contributed by atoms with Crippen molar-refractivity contribution in [3.8, 4) is 0 Å². The third-order valence-electron chi connectivity index (χ3n) is 2.30. The predicted molar refractivity (Wildman–Crippen MR) is 53.9 cm³/mol. The van der Waals surface area contributed by atoms with E-state index in [1.54, 1.807) is 0 Å². The van der Waals surface area contributed by atoms with Gasteiger partial charge in [-0.2, -0.15) is 0 Å². The highest BCUT2D eigenvalue weighted by Gasteiger charge is 2.19. The summed E-state index contributed by atoms with van der Waals surface area (Å²) in [5.74, 6) is 0.689. The maximum Gasteiger partial charge on any atom is 0.0496 e. The Hall–Kier alpha value is -0.720. The van der Waals surface area contributed by atoms with E-state index >= 15 is 0 Å². The van der Waals surface area contributed by atoms with Crippen LogP contribution in [0.25, 0.3) is 0 Å². The van der Waals surface area contributed by atoms with Gasteiger partial charge in [0.25, 0.3) is 0 Å². The smallest absolute Gasteiger partial charge is 0.0496 e. The van der Waals surface area contributed by atoms with Crippen LogP contribution in [0.1, 0.15) is 27.7 Å². The average molecular weight is 165 g/mol. The fourth-order valence-electron chi connectivity index (χ4n) is 1.61. The van der Waals surface area contributed by atoms with E-state index in [0.717, 1.165) is 0 Å². The second-order valence-corrected chi connectivity index (χ2v) is 4.00. The van der Waals surface area contributed by atoms with Gasteiger partial charge in [0.05, 0.1) is 0 Å². The molecular weight excluding hydrogens is 146 g/mol. The number of allylic oxidation sites excluding steroid dienone is 2. The van der Waals surface area contributed by atoms with E-state index in [1.165, 1.54) is 0 Å². The molecule has 12 heavy (non-hydrogen) atoms. The van der Waals surface area contributed by atoms with Gasteiger partial charge in [-0.3, -0.25) is 0 Å². The Balaban J connectivity index is 2.71. The van der Waals surface area contributed by atoms with E-state index in [-0.39, 0.29) is 0 Å². The first-order chi connectivity index (χ1) is 5.63. The first-order valence-corrected chi connectivity index (χ1v) is 4.75. The predicted octanol–water partition coefficient (Wildman–Crippen LogP) is 2.80. The second kappa shape index (κ2) is 3.79. The largest absolute Gasteiger partial charge is 0.368 e. The number of hydrogen-bond acceptors (Lipinski definition) is 1. The van der Waals surface area contributed by atoms with Gasteiger partial charge in [0.1, 0.15) is 0 Å². The van der Waals surface area contributed by atoms with Crippen LogP contribution < -0.4 is 0 Å². The summed E-state index contributed by atoms with van der Waals surface area (Å²) in [5.41, 5.74) is 0. The van der Waals surface area contributed by atoms with Gasteiger partial charge in [0, 0.05) is 12.1 Å². The normalized spacial score (nSPS) is 22.8. The van der Waals surface area contributed by atoms with Crippen LogP contribution in [0.2, 0.25) is 0 Å². The van der Waals surface area contributed by atoms with Gasteiger partial charge >= 0.3 is 0 Å². The van der Waals surface area contributed by atoms with Crippen molar-refractivity contribution in [3.63, 3.8) is 0 Å². The summed E-state index contributed by atoms with van der Waals surface area (Å²) in [5, 5.41) is 0. The molecule has 0 aliphatic carbocycles. The molecule has 1 rings (SSSR count). The van der Waals surface area contributed by atoms with Crippen LogP contribution in [0.5, 0.6) is 0 Å². The van der Waals surface area contributed by atoms with E-state index in [9.17, 15) is 0 Å². The summed E-state index contributed by atoms with van der Waals surface area (Å²) in [7, 11) is 0. The molecule has 1 atom stereocenters. The Bertz CT molecular complexity index is 167. The zero-order valence-electron chi connectivity index (χ0n) is 8.49. The summed E-state index contributed by atoms with van der Waals surface area (Å²) in [6.07, 6.45) is 8.72. The average Bonchev–Trinajstić information content (AvgIpc) is 2.04. The van der Waals surface area contributed by atoms with Crippen molar-refractivity contribution in [3.05, 3.63) is 24.4 Å². The van der Waals surface area contributed by atoms with Crippen LogP contribution in [0.15, 0.2) is 24.4 Å². The molecule has 0 fully saturated rings. The third-order valence-corrected chi connectivity index (χ3v) is 2.30. The fraction of sp³-hybridized carbons (Fsp3) is 0.636. The van der Waals surface area contributed by atoms with E-state index < -0.39 is 0 Å². The van der Waals surface area contributed by atoms with Crippen molar-refractivity contribution in [1.82, 2.24) is 4.90 Å². The Morgan fingerprint density at radius 3 is 2.17 bits per heavy atom. The highest BCUT2D eigenvalue weighted by molar-refractivity contribution is 5.14.